The summed E-state index contributed by atoms with van der Waals surface area (Å²) in [6.45, 7) is 3.27. The fourth-order valence-electron chi connectivity index (χ4n) is 1.95. The van der Waals surface area contributed by atoms with Crippen molar-refractivity contribution in [1.82, 2.24) is 10.6 Å². The Balaban J connectivity index is 1.64. The molecular weight excluding hydrogens is 248 g/mol. The predicted molar refractivity (Wildman–Crippen MR) is 73.5 cm³/mol. The number of carbonyl (C=O) groups is 1. The van der Waals surface area contributed by atoms with Crippen LogP contribution >= 0.6 is 11.8 Å². The van der Waals surface area contributed by atoms with Crippen LogP contribution < -0.4 is 10.6 Å². The maximum atomic E-state index is 11.8. The summed E-state index contributed by atoms with van der Waals surface area (Å²) in [5.41, 5.74) is 0. The number of hydrogen-bond donors (Lipinski definition) is 2. The van der Waals surface area contributed by atoms with Gasteiger partial charge in [0.1, 0.15) is 5.76 Å². The summed E-state index contributed by atoms with van der Waals surface area (Å²) in [7, 11) is 0. The Kier molecular flexibility index (Phi) is 5.13. The van der Waals surface area contributed by atoms with Crippen molar-refractivity contribution in [2.75, 3.05) is 12.3 Å². The van der Waals surface area contributed by atoms with Crippen molar-refractivity contribution < 1.29 is 9.21 Å². The zero-order chi connectivity index (χ0) is 12.8. The summed E-state index contributed by atoms with van der Waals surface area (Å²) in [6, 6.07) is 3.52. The zero-order valence-corrected chi connectivity index (χ0v) is 11.5. The van der Waals surface area contributed by atoms with E-state index in [2.05, 4.69) is 10.6 Å². The minimum atomic E-state index is -0.152. The molecule has 2 heterocycles. The molecule has 1 aromatic rings. The largest absolute Gasteiger partial charge is 0.467 e. The van der Waals surface area contributed by atoms with Gasteiger partial charge in [-0.3, -0.25) is 4.79 Å². The van der Waals surface area contributed by atoms with Gasteiger partial charge < -0.3 is 15.1 Å². The van der Waals surface area contributed by atoms with Crippen LogP contribution in [0.15, 0.2) is 22.8 Å². The molecule has 1 saturated heterocycles. The number of furan rings is 1. The van der Waals surface area contributed by atoms with Gasteiger partial charge in [0.25, 0.3) is 0 Å². The Morgan fingerprint density at radius 2 is 2.56 bits per heavy atom. The monoisotopic (exact) mass is 268 g/mol. The summed E-state index contributed by atoms with van der Waals surface area (Å²) >= 11 is 2.00. The summed E-state index contributed by atoms with van der Waals surface area (Å²) in [4.78, 5) is 11.8. The number of thioether (sulfide) groups is 1. The standard InChI is InChI=1S/C13H20N2O2S/c1-10(14-9-12-5-3-7-18-12)13(16)15-8-11-4-2-6-17-11/h2,4,6,10,12,14H,3,5,7-9H2,1H3,(H,15,16). The first kappa shape index (κ1) is 13.5. The molecule has 1 aliphatic rings. The van der Waals surface area contributed by atoms with E-state index in [4.69, 9.17) is 4.42 Å². The van der Waals surface area contributed by atoms with Gasteiger partial charge in [0.15, 0.2) is 0 Å². The van der Waals surface area contributed by atoms with Gasteiger partial charge in [0.2, 0.25) is 5.91 Å². The fourth-order valence-corrected chi connectivity index (χ4v) is 3.16. The van der Waals surface area contributed by atoms with Gasteiger partial charge in [-0.2, -0.15) is 11.8 Å². The summed E-state index contributed by atoms with van der Waals surface area (Å²) in [5, 5.41) is 6.82. The highest BCUT2D eigenvalue weighted by atomic mass is 32.2. The fraction of sp³-hybridized carbons (Fsp3) is 0.615. The molecule has 2 atom stereocenters. The van der Waals surface area contributed by atoms with Gasteiger partial charge in [-0.15, -0.1) is 0 Å². The van der Waals surface area contributed by atoms with E-state index in [0.717, 1.165) is 12.3 Å². The highest BCUT2D eigenvalue weighted by molar-refractivity contribution is 8.00. The third-order valence-electron chi connectivity index (χ3n) is 3.09. The SMILES string of the molecule is CC(NCC1CCCS1)C(=O)NCc1ccco1. The van der Waals surface area contributed by atoms with Crippen LogP contribution in [0.25, 0.3) is 0 Å². The second-order valence-electron chi connectivity index (χ2n) is 4.56. The molecular formula is C13H20N2O2S. The van der Waals surface area contributed by atoms with Crippen LogP contribution in [0.4, 0.5) is 0 Å². The van der Waals surface area contributed by atoms with Crippen LogP contribution in [-0.2, 0) is 11.3 Å². The smallest absolute Gasteiger partial charge is 0.237 e. The lowest BCUT2D eigenvalue weighted by atomic mass is 10.2. The lowest BCUT2D eigenvalue weighted by Gasteiger charge is -2.16. The lowest BCUT2D eigenvalue weighted by molar-refractivity contribution is -0.123. The van der Waals surface area contributed by atoms with Crippen molar-refractivity contribution in [3.63, 3.8) is 0 Å². The van der Waals surface area contributed by atoms with Crippen molar-refractivity contribution in [2.24, 2.45) is 0 Å². The van der Waals surface area contributed by atoms with Crippen molar-refractivity contribution in [3.05, 3.63) is 24.2 Å². The van der Waals surface area contributed by atoms with E-state index in [1.165, 1.54) is 18.6 Å². The number of hydrogen-bond acceptors (Lipinski definition) is 4. The molecule has 4 nitrogen and oxygen atoms in total. The van der Waals surface area contributed by atoms with Crippen LogP contribution in [-0.4, -0.2) is 29.5 Å². The molecule has 0 aliphatic carbocycles. The van der Waals surface area contributed by atoms with Crippen molar-refractivity contribution in [1.29, 1.82) is 0 Å². The molecule has 100 valence electrons. The first-order chi connectivity index (χ1) is 8.75. The van der Waals surface area contributed by atoms with Crippen molar-refractivity contribution in [3.8, 4) is 0 Å². The molecule has 2 rings (SSSR count). The van der Waals surface area contributed by atoms with Crippen molar-refractivity contribution in [2.45, 2.75) is 37.6 Å². The molecule has 1 aliphatic heterocycles. The van der Waals surface area contributed by atoms with Gasteiger partial charge in [0, 0.05) is 11.8 Å². The van der Waals surface area contributed by atoms with E-state index in [1.807, 2.05) is 30.8 Å². The van der Waals surface area contributed by atoms with Crippen LogP contribution in [0.3, 0.4) is 0 Å². The van der Waals surface area contributed by atoms with Gasteiger partial charge >= 0.3 is 0 Å². The number of carbonyl (C=O) groups excluding carboxylic acids is 1. The lowest BCUT2D eigenvalue weighted by Crippen LogP contribution is -2.43. The van der Waals surface area contributed by atoms with Gasteiger partial charge in [-0.1, -0.05) is 0 Å². The molecule has 1 fully saturated rings. The van der Waals surface area contributed by atoms with Gasteiger partial charge in [0.05, 0.1) is 18.8 Å². The second-order valence-corrected chi connectivity index (χ2v) is 5.97. The molecule has 0 bridgehead atoms. The zero-order valence-electron chi connectivity index (χ0n) is 10.6. The first-order valence-electron chi connectivity index (χ1n) is 6.41. The van der Waals surface area contributed by atoms with Crippen LogP contribution in [0, 0.1) is 0 Å². The van der Waals surface area contributed by atoms with E-state index in [1.54, 1.807) is 6.26 Å². The highest BCUT2D eigenvalue weighted by Gasteiger charge is 2.18. The van der Waals surface area contributed by atoms with E-state index >= 15 is 0 Å². The first-order valence-corrected chi connectivity index (χ1v) is 7.45. The molecule has 0 spiro atoms. The quantitative estimate of drug-likeness (QED) is 0.825. The Hall–Kier alpha value is -0.940. The Bertz CT molecular complexity index is 361. The van der Waals surface area contributed by atoms with Crippen LogP contribution in [0.2, 0.25) is 0 Å². The molecule has 18 heavy (non-hydrogen) atoms. The Morgan fingerprint density at radius 3 is 3.22 bits per heavy atom. The van der Waals surface area contributed by atoms with Crippen molar-refractivity contribution >= 4 is 17.7 Å². The topological polar surface area (TPSA) is 54.3 Å². The third-order valence-corrected chi connectivity index (χ3v) is 4.48. The minimum Gasteiger partial charge on any atom is -0.467 e. The molecule has 1 aromatic heterocycles. The normalized spacial score (nSPS) is 20.8. The van der Waals surface area contributed by atoms with E-state index in [9.17, 15) is 4.79 Å². The number of rotatable bonds is 6. The predicted octanol–water partition coefficient (Wildman–Crippen LogP) is 1.77. The maximum Gasteiger partial charge on any atom is 0.237 e. The minimum absolute atomic E-state index is 0.0226. The molecule has 0 aromatic carbocycles. The maximum absolute atomic E-state index is 11.8. The van der Waals surface area contributed by atoms with Crippen LogP contribution in [0.5, 0.6) is 0 Å². The Morgan fingerprint density at radius 1 is 1.67 bits per heavy atom. The van der Waals surface area contributed by atoms with Gasteiger partial charge in [-0.05, 0) is 37.7 Å². The molecule has 2 unspecified atom stereocenters. The van der Waals surface area contributed by atoms with E-state index in [0.29, 0.717) is 11.8 Å². The average Bonchev–Trinajstić information content (AvgIpc) is 3.05. The average molecular weight is 268 g/mol. The Labute approximate surface area is 112 Å². The van der Waals surface area contributed by atoms with Crippen LogP contribution in [0.1, 0.15) is 25.5 Å². The third kappa shape index (κ3) is 4.07. The van der Waals surface area contributed by atoms with E-state index < -0.39 is 0 Å². The number of nitrogens with one attached hydrogen (secondary N) is 2. The summed E-state index contributed by atoms with van der Waals surface area (Å²) < 4.78 is 5.17. The molecule has 2 N–H and O–H groups in total. The van der Waals surface area contributed by atoms with E-state index in [-0.39, 0.29) is 11.9 Å². The molecule has 5 heteroatoms. The molecule has 1 amide bonds. The number of amides is 1. The highest BCUT2D eigenvalue weighted by Crippen LogP contribution is 2.25. The molecule has 0 saturated carbocycles. The second kappa shape index (κ2) is 6.85. The summed E-state index contributed by atoms with van der Waals surface area (Å²) in [6.07, 6.45) is 4.18. The summed E-state index contributed by atoms with van der Waals surface area (Å²) in [5.74, 6) is 2.06. The molecule has 0 radical (unpaired) electrons. The van der Waals surface area contributed by atoms with Gasteiger partial charge in [-0.25, -0.2) is 0 Å².